The van der Waals surface area contributed by atoms with Crippen molar-refractivity contribution >= 4 is 5.82 Å². The third kappa shape index (κ3) is 1.86. The van der Waals surface area contributed by atoms with Crippen molar-refractivity contribution < 1.29 is 9.26 Å². The molecule has 1 heterocycles. The number of hydrogen-bond donors (Lipinski definition) is 1. The molecule has 0 aliphatic heterocycles. The number of benzene rings is 1. The topological polar surface area (TPSA) is 61.3 Å². The van der Waals surface area contributed by atoms with Crippen LogP contribution < -0.4 is 10.5 Å². The van der Waals surface area contributed by atoms with Crippen LogP contribution in [0.1, 0.15) is 16.7 Å². The van der Waals surface area contributed by atoms with E-state index in [1.807, 2.05) is 26.8 Å². The van der Waals surface area contributed by atoms with E-state index in [1.165, 1.54) is 0 Å². The molecule has 0 aliphatic carbocycles. The van der Waals surface area contributed by atoms with E-state index in [0.29, 0.717) is 11.6 Å². The molecule has 0 aliphatic rings. The van der Waals surface area contributed by atoms with Gasteiger partial charge in [0.05, 0.1) is 7.11 Å². The number of hydrogen-bond acceptors (Lipinski definition) is 4. The predicted octanol–water partition coefficient (Wildman–Crippen LogP) is 2.86. The van der Waals surface area contributed by atoms with E-state index in [4.69, 9.17) is 15.0 Å². The van der Waals surface area contributed by atoms with E-state index in [0.717, 1.165) is 28.0 Å². The summed E-state index contributed by atoms with van der Waals surface area (Å²) in [5.74, 6) is 2.00. The first-order chi connectivity index (χ1) is 8.04. The van der Waals surface area contributed by atoms with Gasteiger partial charge in [-0.25, -0.2) is 0 Å². The average molecular weight is 232 g/mol. The van der Waals surface area contributed by atoms with Gasteiger partial charge in [0.25, 0.3) is 0 Å². The third-order valence-electron chi connectivity index (χ3n) is 3.02. The lowest BCUT2D eigenvalue weighted by atomic mass is 9.97. The van der Waals surface area contributed by atoms with Crippen LogP contribution in [0.2, 0.25) is 0 Å². The van der Waals surface area contributed by atoms with Crippen LogP contribution in [0.4, 0.5) is 5.82 Å². The minimum absolute atomic E-state index is 0.394. The average Bonchev–Trinajstić information content (AvgIpc) is 2.71. The fourth-order valence-corrected chi connectivity index (χ4v) is 2.04. The Labute approximate surface area is 100 Å². The number of anilines is 1. The standard InChI is InChI=1S/C13H16N2O2/c1-7-5-10(11-6-12(14)15-17-11)8(2)9(3)13(7)16-4/h5-6H,1-4H3,(H2,14,15). The molecule has 4 nitrogen and oxygen atoms in total. The van der Waals surface area contributed by atoms with Crippen molar-refractivity contribution in [3.63, 3.8) is 0 Å². The fraction of sp³-hybridized carbons (Fsp3) is 0.308. The summed E-state index contributed by atoms with van der Waals surface area (Å²) in [6.45, 7) is 6.07. The molecule has 0 spiro atoms. The number of nitrogens with zero attached hydrogens (tertiary/aromatic N) is 1. The molecule has 1 aromatic heterocycles. The molecule has 0 saturated carbocycles. The minimum Gasteiger partial charge on any atom is -0.496 e. The van der Waals surface area contributed by atoms with E-state index in [-0.39, 0.29) is 0 Å². The zero-order valence-corrected chi connectivity index (χ0v) is 10.5. The minimum atomic E-state index is 0.394. The van der Waals surface area contributed by atoms with Crippen molar-refractivity contribution in [3.05, 3.63) is 28.8 Å². The smallest absolute Gasteiger partial charge is 0.169 e. The van der Waals surface area contributed by atoms with Crippen molar-refractivity contribution in [1.82, 2.24) is 5.16 Å². The molecule has 0 radical (unpaired) electrons. The first kappa shape index (κ1) is 11.5. The van der Waals surface area contributed by atoms with Gasteiger partial charge in [-0.2, -0.15) is 0 Å². The Kier molecular flexibility index (Phi) is 2.79. The first-order valence-corrected chi connectivity index (χ1v) is 5.42. The Morgan fingerprint density at radius 1 is 1.18 bits per heavy atom. The number of aryl methyl sites for hydroxylation is 1. The maximum atomic E-state index is 5.57. The molecule has 0 bridgehead atoms. The lowest BCUT2D eigenvalue weighted by Gasteiger charge is -2.13. The van der Waals surface area contributed by atoms with Crippen LogP contribution in [0.15, 0.2) is 16.7 Å². The highest BCUT2D eigenvalue weighted by atomic mass is 16.5. The molecule has 90 valence electrons. The number of aromatic nitrogens is 1. The van der Waals surface area contributed by atoms with Gasteiger partial charge in [-0.1, -0.05) is 5.16 Å². The van der Waals surface area contributed by atoms with Gasteiger partial charge in [0.15, 0.2) is 11.6 Å². The zero-order chi connectivity index (χ0) is 12.6. The highest BCUT2D eigenvalue weighted by molar-refractivity contribution is 5.69. The van der Waals surface area contributed by atoms with Gasteiger partial charge in [-0.05, 0) is 43.5 Å². The lowest BCUT2D eigenvalue weighted by Crippen LogP contribution is -1.96. The summed E-state index contributed by atoms with van der Waals surface area (Å²) in [6.07, 6.45) is 0. The van der Waals surface area contributed by atoms with E-state index >= 15 is 0 Å². The number of rotatable bonds is 2. The van der Waals surface area contributed by atoms with Crippen molar-refractivity contribution in [2.24, 2.45) is 0 Å². The molecule has 0 amide bonds. The van der Waals surface area contributed by atoms with Gasteiger partial charge >= 0.3 is 0 Å². The molecule has 1 aromatic carbocycles. The molecule has 2 aromatic rings. The van der Waals surface area contributed by atoms with Gasteiger partial charge in [0.1, 0.15) is 5.75 Å². The Hall–Kier alpha value is -1.97. The number of methoxy groups -OCH3 is 1. The molecule has 4 heteroatoms. The van der Waals surface area contributed by atoms with Gasteiger partial charge in [-0.3, -0.25) is 0 Å². The van der Waals surface area contributed by atoms with Crippen molar-refractivity contribution in [2.45, 2.75) is 20.8 Å². The van der Waals surface area contributed by atoms with Crippen LogP contribution in [0.5, 0.6) is 5.75 Å². The van der Waals surface area contributed by atoms with Crippen LogP contribution in [-0.4, -0.2) is 12.3 Å². The Balaban J connectivity index is 2.64. The Bertz CT molecular complexity index is 559. The van der Waals surface area contributed by atoms with E-state index < -0.39 is 0 Å². The highest BCUT2D eigenvalue weighted by Gasteiger charge is 2.14. The molecule has 0 fully saturated rings. The summed E-state index contributed by atoms with van der Waals surface area (Å²) in [6, 6.07) is 3.76. The Morgan fingerprint density at radius 3 is 2.41 bits per heavy atom. The fourth-order valence-electron chi connectivity index (χ4n) is 2.04. The van der Waals surface area contributed by atoms with Crippen LogP contribution in [0, 0.1) is 20.8 Å². The first-order valence-electron chi connectivity index (χ1n) is 5.42. The quantitative estimate of drug-likeness (QED) is 0.864. The van der Waals surface area contributed by atoms with Crippen LogP contribution in [0.25, 0.3) is 11.3 Å². The molecule has 2 rings (SSSR count). The summed E-state index contributed by atoms with van der Waals surface area (Å²) in [5.41, 5.74) is 9.87. The van der Waals surface area contributed by atoms with Crippen LogP contribution >= 0.6 is 0 Å². The predicted molar refractivity (Wildman–Crippen MR) is 67.1 cm³/mol. The molecule has 0 atom stereocenters. The van der Waals surface area contributed by atoms with Crippen molar-refractivity contribution in [3.8, 4) is 17.1 Å². The zero-order valence-electron chi connectivity index (χ0n) is 10.5. The summed E-state index contributed by atoms with van der Waals surface area (Å²) in [7, 11) is 1.68. The molecule has 0 saturated heterocycles. The second-order valence-corrected chi connectivity index (χ2v) is 4.14. The van der Waals surface area contributed by atoms with E-state index in [2.05, 4.69) is 5.16 Å². The SMILES string of the molecule is COc1c(C)cc(-c2cc(N)no2)c(C)c1C. The van der Waals surface area contributed by atoms with Crippen LogP contribution in [-0.2, 0) is 0 Å². The van der Waals surface area contributed by atoms with Crippen molar-refractivity contribution in [1.29, 1.82) is 0 Å². The second-order valence-electron chi connectivity index (χ2n) is 4.14. The maximum Gasteiger partial charge on any atom is 0.169 e. The largest absolute Gasteiger partial charge is 0.496 e. The summed E-state index contributed by atoms with van der Waals surface area (Å²) >= 11 is 0. The number of nitrogen functional groups attached to an aromatic ring is 1. The normalized spacial score (nSPS) is 10.6. The third-order valence-corrected chi connectivity index (χ3v) is 3.02. The lowest BCUT2D eigenvalue weighted by molar-refractivity contribution is 0.408. The summed E-state index contributed by atoms with van der Waals surface area (Å²) in [4.78, 5) is 0. The molecule has 0 unspecified atom stereocenters. The summed E-state index contributed by atoms with van der Waals surface area (Å²) in [5, 5.41) is 3.71. The maximum absolute atomic E-state index is 5.57. The van der Waals surface area contributed by atoms with Gasteiger partial charge in [0.2, 0.25) is 0 Å². The molecular weight excluding hydrogens is 216 g/mol. The highest BCUT2D eigenvalue weighted by Crippen LogP contribution is 2.34. The van der Waals surface area contributed by atoms with Gasteiger partial charge < -0.3 is 15.0 Å². The van der Waals surface area contributed by atoms with Gasteiger partial charge in [0, 0.05) is 11.6 Å². The summed E-state index contributed by atoms with van der Waals surface area (Å²) < 4.78 is 10.6. The molecule has 2 N–H and O–H groups in total. The number of ether oxygens (including phenoxy) is 1. The Morgan fingerprint density at radius 2 is 1.88 bits per heavy atom. The monoisotopic (exact) mass is 232 g/mol. The van der Waals surface area contributed by atoms with E-state index in [9.17, 15) is 0 Å². The van der Waals surface area contributed by atoms with Crippen molar-refractivity contribution in [2.75, 3.05) is 12.8 Å². The van der Waals surface area contributed by atoms with Gasteiger partial charge in [-0.15, -0.1) is 0 Å². The van der Waals surface area contributed by atoms with Crippen LogP contribution in [0.3, 0.4) is 0 Å². The number of nitrogens with two attached hydrogens (primary N) is 1. The van der Waals surface area contributed by atoms with E-state index in [1.54, 1.807) is 13.2 Å². The second kappa shape index (κ2) is 4.13. The molecule has 17 heavy (non-hydrogen) atoms. The molecular formula is C13H16N2O2.